The zero-order valence-electron chi connectivity index (χ0n) is 34.8. The van der Waals surface area contributed by atoms with Crippen LogP contribution in [0.2, 0.25) is 5.02 Å². The predicted molar refractivity (Wildman–Crippen MR) is 232 cm³/mol. The van der Waals surface area contributed by atoms with Crippen molar-refractivity contribution in [2.24, 2.45) is 0 Å². The van der Waals surface area contributed by atoms with Gasteiger partial charge in [0.15, 0.2) is 0 Å². The molecule has 0 unspecified atom stereocenters. The normalized spacial score (nSPS) is 12.8. The fourth-order valence-corrected chi connectivity index (χ4v) is 8.28. The number of halogens is 3. The average Bonchev–Trinajstić information content (AvgIpc) is 3.77. The molecule has 0 atom stereocenters. The molecule has 55 heavy (non-hydrogen) atoms. The molecule has 0 aromatic heterocycles. The topological polar surface area (TPSA) is 0 Å². The van der Waals surface area contributed by atoms with E-state index in [2.05, 4.69) is 174 Å². The second kappa shape index (κ2) is 18.3. The summed E-state index contributed by atoms with van der Waals surface area (Å²) >= 11 is 7.49. The number of fused-ring (bicyclic) bond motifs is 4. The molecule has 0 nitrogen and oxygen atoms in total. The first-order valence-corrected chi connectivity index (χ1v) is 20.5. The Bertz CT molecular complexity index is 2220. The Morgan fingerprint density at radius 3 is 1.49 bits per heavy atom. The van der Waals surface area contributed by atoms with Crippen molar-refractivity contribution in [2.75, 3.05) is 0 Å². The zero-order valence-corrected chi connectivity index (χ0v) is 39.5. The van der Waals surface area contributed by atoms with Crippen molar-refractivity contribution in [3.05, 3.63) is 160 Å². The van der Waals surface area contributed by atoms with Gasteiger partial charge in [-0.05, 0) is 21.7 Å². The van der Waals surface area contributed by atoms with E-state index in [4.69, 9.17) is 11.6 Å². The molecule has 0 amide bonds. The van der Waals surface area contributed by atoms with Crippen LogP contribution >= 0.6 is 11.6 Å². The quantitative estimate of drug-likeness (QED) is 0.153. The van der Waals surface area contributed by atoms with Gasteiger partial charge in [-0.25, -0.2) is 12.2 Å². The van der Waals surface area contributed by atoms with E-state index in [0.29, 0.717) is 0 Å². The standard InChI is InChI=1S/C29H41.C17H11Cl.C5H5.2ClH.Zr/c1-26(2,3)22-14-18-13-19-15-23(27(4,5)6)25(29(10,11)12)17-21(19)20(18)16-24(22)28(7,8)9;18-16-9-3-5-13(12-16)11-15-8-4-7-14-6-1-2-10-17(14)15;1-2-4-5-3-1;;;/h13-17H,1-12H3;1-10,12H;1-3H,4H2;2*1H;/q-1;;-1;;;+2/p-2. The summed E-state index contributed by atoms with van der Waals surface area (Å²) in [5.41, 5.74) is 8.92. The van der Waals surface area contributed by atoms with Crippen LogP contribution in [-0.4, -0.2) is 3.21 Å². The number of allylic oxidation sites excluding steroid dienone is 4. The van der Waals surface area contributed by atoms with Gasteiger partial charge in [-0.15, -0.1) is 46.2 Å². The molecule has 0 spiro atoms. The molecule has 0 radical (unpaired) electrons. The summed E-state index contributed by atoms with van der Waals surface area (Å²) in [7, 11) is 0. The molecular formula is C51H57Cl3Zr-2. The van der Waals surface area contributed by atoms with E-state index in [9.17, 15) is 0 Å². The Kier molecular flexibility index (Phi) is 15.5. The Balaban J connectivity index is 0.000000267. The van der Waals surface area contributed by atoms with Crippen LogP contribution in [-0.2, 0) is 45.9 Å². The largest absolute Gasteiger partial charge is 1.00 e. The van der Waals surface area contributed by atoms with Crippen molar-refractivity contribution in [3.8, 4) is 0 Å². The molecule has 0 fully saturated rings. The summed E-state index contributed by atoms with van der Waals surface area (Å²) in [5.74, 6) is 0. The maximum Gasteiger partial charge on any atom is -0.109 e. The summed E-state index contributed by atoms with van der Waals surface area (Å²) in [5, 5.41) is 8.94. The molecule has 288 valence electrons. The average molecular weight is 868 g/mol. The first kappa shape index (κ1) is 46.7. The Morgan fingerprint density at radius 1 is 0.582 bits per heavy atom. The van der Waals surface area contributed by atoms with Gasteiger partial charge in [-0.1, -0.05) is 117 Å². The van der Waals surface area contributed by atoms with Crippen LogP contribution in [0.15, 0.2) is 115 Å². The number of hydrogen-bond donors (Lipinski definition) is 0. The minimum atomic E-state index is 0. The van der Waals surface area contributed by atoms with Crippen LogP contribution in [0.4, 0.5) is 0 Å². The van der Waals surface area contributed by atoms with Crippen LogP contribution in [0.1, 0.15) is 123 Å². The Hall–Kier alpha value is -2.67. The molecule has 1 aliphatic rings. The smallest absolute Gasteiger partial charge is 0.109 e. The van der Waals surface area contributed by atoms with Crippen LogP contribution in [0, 0.1) is 6.08 Å². The maximum absolute atomic E-state index is 6.09. The second-order valence-electron chi connectivity index (χ2n) is 18.5. The SMILES string of the molecule is CC(C)(C)c1cc2[cH-]c3cc(C(C)(C)C)c(C(C)(C)C)cc3c2cc1C(C)(C)C.Clc1cccc([C](=[Zr+2])c2cccc3ccccc23)c1.[C-]1=CC=CC1.[Cl-].[Cl-]. The van der Waals surface area contributed by atoms with Gasteiger partial charge >= 0.3 is 133 Å². The number of rotatable bonds is 2. The van der Waals surface area contributed by atoms with Gasteiger partial charge in [0.1, 0.15) is 0 Å². The van der Waals surface area contributed by atoms with Crippen molar-refractivity contribution < 1.29 is 49.0 Å². The second-order valence-corrected chi connectivity index (χ2v) is 20.2. The van der Waals surface area contributed by atoms with Crippen molar-refractivity contribution in [1.82, 2.24) is 0 Å². The third-order valence-corrected chi connectivity index (χ3v) is 11.6. The molecule has 6 aromatic carbocycles. The van der Waals surface area contributed by atoms with Gasteiger partial charge in [0.25, 0.3) is 0 Å². The molecule has 4 heteroatoms. The zero-order chi connectivity index (χ0) is 38.9. The first-order valence-electron chi connectivity index (χ1n) is 18.9. The minimum Gasteiger partial charge on any atom is -1.00 e. The fraction of sp³-hybridized carbons (Fsp3) is 0.333. The predicted octanol–water partition coefficient (Wildman–Crippen LogP) is 8.82. The van der Waals surface area contributed by atoms with Gasteiger partial charge in [0.05, 0.1) is 0 Å². The molecule has 0 heterocycles. The molecule has 0 saturated heterocycles. The summed E-state index contributed by atoms with van der Waals surface area (Å²) in [6, 6.07) is 35.3. The van der Waals surface area contributed by atoms with Gasteiger partial charge in [-0.2, -0.15) is 6.08 Å². The summed E-state index contributed by atoms with van der Waals surface area (Å²) in [6.45, 7) is 28.0. The molecule has 6 aromatic rings. The number of benzene rings is 5. The molecule has 1 aliphatic carbocycles. The van der Waals surface area contributed by atoms with E-state index in [1.54, 1.807) is 0 Å². The van der Waals surface area contributed by atoms with Crippen LogP contribution in [0.3, 0.4) is 0 Å². The maximum atomic E-state index is 6.09. The van der Waals surface area contributed by atoms with E-state index in [0.717, 1.165) is 11.4 Å². The van der Waals surface area contributed by atoms with Crippen LogP contribution < -0.4 is 24.8 Å². The van der Waals surface area contributed by atoms with Crippen molar-refractivity contribution in [2.45, 2.75) is 111 Å². The first-order chi connectivity index (χ1) is 24.7. The Labute approximate surface area is 364 Å². The van der Waals surface area contributed by atoms with Gasteiger partial charge in [0, 0.05) is 0 Å². The van der Waals surface area contributed by atoms with E-state index in [-0.39, 0.29) is 46.5 Å². The van der Waals surface area contributed by atoms with Crippen LogP contribution in [0.25, 0.3) is 32.3 Å². The molecule has 0 saturated carbocycles. The third-order valence-electron chi connectivity index (χ3n) is 9.97. The van der Waals surface area contributed by atoms with Crippen molar-refractivity contribution >= 4 is 47.1 Å². The van der Waals surface area contributed by atoms with Crippen LogP contribution in [0.5, 0.6) is 0 Å². The Morgan fingerprint density at radius 2 is 1.05 bits per heavy atom. The molecule has 0 N–H and O–H groups in total. The summed E-state index contributed by atoms with van der Waals surface area (Å²) in [4.78, 5) is 0. The van der Waals surface area contributed by atoms with Gasteiger partial charge < -0.3 is 24.8 Å². The van der Waals surface area contributed by atoms with Crippen molar-refractivity contribution in [1.29, 1.82) is 0 Å². The van der Waals surface area contributed by atoms with Gasteiger partial charge in [-0.3, -0.25) is 6.08 Å². The summed E-state index contributed by atoms with van der Waals surface area (Å²) in [6.07, 6.45) is 10.0. The number of hydrogen-bond acceptors (Lipinski definition) is 0. The van der Waals surface area contributed by atoms with Gasteiger partial charge in [0.2, 0.25) is 0 Å². The van der Waals surface area contributed by atoms with Crippen molar-refractivity contribution in [3.63, 3.8) is 0 Å². The monoisotopic (exact) mass is 864 g/mol. The molecule has 0 bridgehead atoms. The summed E-state index contributed by atoms with van der Waals surface area (Å²) < 4.78 is 1.34. The van der Waals surface area contributed by atoms with E-state index < -0.39 is 0 Å². The third kappa shape index (κ3) is 11.3. The van der Waals surface area contributed by atoms with E-state index >= 15 is 0 Å². The minimum absolute atomic E-state index is 0. The van der Waals surface area contributed by atoms with E-state index in [1.165, 1.54) is 93.1 Å². The van der Waals surface area contributed by atoms with E-state index in [1.807, 2.05) is 30.4 Å². The molecular weight excluding hydrogens is 810 g/mol. The molecule has 0 aliphatic heterocycles. The molecule has 7 rings (SSSR count). The fourth-order valence-electron chi connectivity index (χ4n) is 7.17.